The van der Waals surface area contributed by atoms with E-state index in [2.05, 4.69) is 18.8 Å². The Hall–Kier alpha value is -1.55. The van der Waals surface area contributed by atoms with Crippen molar-refractivity contribution in [3.8, 4) is 5.75 Å². The summed E-state index contributed by atoms with van der Waals surface area (Å²) in [5, 5.41) is 3.09. The lowest BCUT2D eigenvalue weighted by Gasteiger charge is -2.11. The number of nitrogens with two attached hydrogens (primary N) is 1. The Morgan fingerprint density at radius 2 is 2.22 bits per heavy atom. The summed E-state index contributed by atoms with van der Waals surface area (Å²) in [7, 11) is 0. The van der Waals surface area contributed by atoms with E-state index in [0.717, 1.165) is 17.2 Å². The maximum absolute atomic E-state index is 5.99. The highest BCUT2D eigenvalue weighted by molar-refractivity contribution is 7.09. The van der Waals surface area contributed by atoms with Crippen LogP contribution in [0.3, 0.4) is 0 Å². The molecule has 2 rings (SSSR count). The number of hydrogen-bond donors (Lipinski definition) is 1. The molecule has 0 aliphatic carbocycles. The molecular weight excluding hydrogens is 244 g/mol. The molecule has 0 amide bonds. The van der Waals surface area contributed by atoms with Crippen LogP contribution in [-0.2, 0) is 6.42 Å². The third-order valence-corrected chi connectivity index (χ3v) is 3.26. The van der Waals surface area contributed by atoms with Gasteiger partial charge in [0.25, 0.3) is 0 Å². The highest BCUT2D eigenvalue weighted by atomic mass is 32.1. The second-order valence-electron chi connectivity index (χ2n) is 4.68. The topological polar surface area (TPSA) is 48.1 Å². The maximum atomic E-state index is 5.99. The number of nitrogens with zero attached hydrogens (tertiary/aromatic N) is 1. The summed E-state index contributed by atoms with van der Waals surface area (Å²) in [4.78, 5) is 4.27. The minimum atomic E-state index is 0.499. The molecule has 0 atom stereocenters. The molecule has 0 saturated heterocycles. The predicted octanol–water partition coefficient (Wildman–Crippen LogP) is 3.35. The van der Waals surface area contributed by atoms with Gasteiger partial charge in [-0.2, -0.15) is 0 Å². The van der Waals surface area contributed by atoms with Gasteiger partial charge in [0.15, 0.2) is 0 Å². The summed E-state index contributed by atoms with van der Waals surface area (Å²) in [5.41, 5.74) is 7.86. The molecule has 0 saturated carbocycles. The van der Waals surface area contributed by atoms with Gasteiger partial charge in [0.1, 0.15) is 5.75 Å². The van der Waals surface area contributed by atoms with Crippen LogP contribution < -0.4 is 10.5 Å². The molecular formula is C14H18N2OS. The van der Waals surface area contributed by atoms with E-state index >= 15 is 0 Å². The number of rotatable bonds is 5. The molecule has 96 valence electrons. The number of nitrogen functional groups attached to an aromatic ring is 1. The highest BCUT2D eigenvalue weighted by Gasteiger charge is 2.05. The average molecular weight is 262 g/mol. The first kappa shape index (κ1) is 12.9. The molecule has 0 bridgehead atoms. The Balaban J connectivity index is 2.05. The molecule has 0 unspecified atom stereocenters. The summed E-state index contributed by atoms with van der Waals surface area (Å²) in [6, 6.07) is 5.96. The van der Waals surface area contributed by atoms with Crippen molar-refractivity contribution < 1.29 is 4.74 Å². The van der Waals surface area contributed by atoms with Crippen LogP contribution in [0.25, 0.3) is 0 Å². The third-order valence-electron chi connectivity index (χ3n) is 2.49. The van der Waals surface area contributed by atoms with Gasteiger partial charge in [-0.25, -0.2) is 4.98 Å². The van der Waals surface area contributed by atoms with E-state index < -0.39 is 0 Å². The van der Waals surface area contributed by atoms with Crippen molar-refractivity contribution in [2.24, 2.45) is 5.92 Å². The largest absolute Gasteiger partial charge is 0.491 e. The molecule has 2 N–H and O–H groups in total. The van der Waals surface area contributed by atoms with Gasteiger partial charge in [0, 0.05) is 18.0 Å². The molecule has 4 heteroatoms. The molecule has 1 heterocycles. The normalized spacial score (nSPS) is 10.8. The first-order valence-corrected chi connectivity index (χ1v) is 6.92. The fourth-order valence-corrected chi connectivity index (χ4v) is 2.26. The number of ether oxygens (including phenoxy) is 1. The first-order chi connectivity index (χ1) is 8.65. The number of benzene rings is 1. The monoisotopic (exact) mass is 262 g/mol. The number of thiazole rings is 1. The van der Waals surface area contributed by atoms with Crippen molar-refractivity contribution >= 4 is 17.0 Å². The molecule has 18 heavy (non-hydrogen) atoms. The van der Waals surface area contributed by atoms with Crippen LogP contribution in [0.1, 0.15) is 24.4 Å². The van der Waals surface area contributed by atoms with E-state index in [9.17, 15) is 0 Å². The quantitative estimate of drug-likeness (QED) is 0.841. The number of aromatic nitrogens is 1. The second-order valence-corrected chi connectivity index (χ2v) is 5.66. The van der Waals surface area contributed by atoms with Crippen molar-refractivity contribution in [2.75, 3.05) is 12.3 Å². The second kappa shape index (κ2) is 5.87. The van der Waals surface area contributed by atoms with Crippen molar-refractivity contribution in [1.82, 2.24) is 4.98 Å². The van der Waals surface area contributed by atoms with Crippen LogP contribution in [0.5, 0.6) is 5.75 Å². The minimum Gasteiger partial charge on any atom is -0.491 e. The summed E-state index contributed by atoms with van der Waals surface area (Å²) < 4.78 is 5.65. The lowest BCUT2D eigenvalue weighted by atomic mass is 10.1. The van der Waals surface area contributed by atoms with Gasteiger partial charge < -0.3 is 10.5 Å². The number of anilines is 1. The van der Waals surface area contributed by atoms with Gasteiger partial charge in [-0.3, -0.25) is 0 Å². The van der Waals surface area contributed by atoms with Crippen LogP contribution in [-0.4, -0.2) is 11.6 Å². The van der Waals surface area contributed by atoms with Gasteiger partial charge in [-0.15, -0.1) is 11.3 Å². The van der Waals surface area contributed by atoms with Crippen LogP contribution in [0, 0.1) is 5.92 Å². The molecule has 0 spiro atoms. The minimum absolute atomic E-state index is 0.499. The summed E-state index contributed by atoms with van der Waals surface area (Å²) in [5.74, 6) is 1.27. The molecule has 3 nitrogen and oxygen atoms in total. The zero-order valence-corrected chi connectivity index (χ0v) is 11.5. The van der Waals surface area contributed by atoms with E-state index in [0.29, 0.717) is 18.2 Å². The zero-order chi connectivity index (χ0) is 13.0. The lowest BCUT2D eigenvalue weighted by Crippen LogP contribution is -2.06. The molecule has 0 aliphatic heterocycles. The maximum Gasteiger partial charge on any atom is 0.142 e. The number of hydrogen-bond acceptors (Lipinski definition) is 4. The van der Waals surface area contributed by atoms with Crippen molar-refractivity contribution in [1.29, 1.82) is 0 Å². The fraction of sp³-hybridized carbons (Fsp3) is 0.357. The molecule has 0 radical (unpaired) electrons. The van der Waals surface area contributed by atoms with E-state index in [1.54, 1.807) is 11.3 Å². The van der Waals surface area contributed by atoms with Gasteiger partial charge in [0.05, 0.1) is 17.3 Å². The zero-order valence-electron chi connectivity index (χ0n) is 10.7. The van der Waals surface area contributed by atoms with Crippen LogP contribution >= 0.6 is 11.3 Å². The van der Waals surface area contributed by atoms with Crippen LogP contribution in [0.15, 0.2) is 29.8 Å². The third kappa shape index (κ3) is 3.47. The lowest BCUT2D eigenvalue weighted by molar-refractivity contribution is 0.272. The van der Waals surface area contributed by atoms with Gasteiger partial charge in [0.2, 0.25) is 0 Å². The SMILES string of the molecule is CC(C)COc1ccc(Cc2nccs2)cc1N. The summed E-state index contributed by atoms with van der Waals surface area (Å²) >= 11 is 1.66. The van der Waals surface area contributed by atoms with E-state index in [4.69, 9.17) is 10.5 Å². The average Bonchev–Trinajstić information content (AvgIpc) is 2.80. The Kier molecular flexibility index (Phi) is 4.20. The Morgan fingerprint density at radius 1 is 1.39 bits per heavy atom. The molecule has 1 aromatic carbocycles. The molecule has 0 aliphatic rings. The van der Waals surface area contributed by atoms with Crippen LogP contribution in [0.2, 0.25) is 0 Å². The van der Waals surface area contributed by atoms with E-state index in [1.807, 2.05) is 29.8 Å². The summed E-state index contributed by atoms with van der Waals surface area (Å²) in [6.45, 7) is 4.93. The first-order valence-electron chi connectivity index (χ1n) is 6.04. The van der Waals surface area contributed by atoms with Crippen LogP contribution in [0.4, 0.5) is 5.69 Å². The predicted molar refractivity (Wildman–Crippen MR) is 76.1 cm³/mol. The van der Waals surface area contributed by atoms with Gasteiger partial charge >= 0.3 is 0 Å². The molecule has 0 fully saturated rings. The van der Waals surface area contributed by atoms with Crippen molar-refractivity contribution in [3.63, 3.8) is 0 Å². The Labute approximate surface area is 112 Å². The molecule has 2 aromatic rings. The molecule has 1 aromatic heterocycles. The van der Waals surface area contributed by atoms with Gasteiger partial charge in [-0.05, 0) is 23.6 Å². The standard InChI is InChI=1S/C14H18N2OS/c1-10(2)9-17-13-4-3-11(7-12(13)15)8-14-16-5-6-18-14/h3-7,10H,8-9,15H2,1-2H3. The Bertz CT molecular complexity index is 495. The summed E-state index contributed by atoms with van der Waals surface area (Å²) in [6.07, 6.45) is 2.65. The van der Waals surface area contributed by atoms with Crippen molar-refractivity contribution in [3.05, 3.63) is 40.3 Å². The van der Waals surface area contributed by atoms with Crippen molar-refractivity contribution in [2.45, 2.75) is 20.3 Å². The Morgan fingerprint density at radius 3 is 2.83 bits per heavy atom. The van der Waals surface area contributed by atoms with E-state index in [-0.39, 0.29) is 0 Å². The van der Waals surface area contributed by atoms with E-state index in [1.165, 1.54) is 5.56 Å². The fourth-order valence-electron chi connectivity index (χ4n) is 1.61. The highest BCUT2D eigenvalue weighted by Crippen LogP contribution is 2.24. The van der Waals surface area contributed by atoms with Gasteiger partial charge in [-0.1, -0.05) is 19.9 Å². The smallest absolute Gasteiger partial charge is 0.142 e.